The number of aliphatic hydroxyl groups excluding tert-OH is 1. The second-order valence-corrected chi connectivity index (χ2v) is 4.51. The summed E-state index contributed by atoms with van der Waals surface area (Å²) in [4.78, 5) is 11.7. The molecule has 0 aromatic heterocycles. The van der Waals surface area contributed by atoms with Crippen molar-refractivity contribution in [1.82, 2.24) is 5.32 Å². The van der Waals surface area contributed by atoms with Crippen molar-refractivity contribution >= 4 is 23.3 Å². The number of urea groups is 1. The molecule has 0 saturated carbocycles. The van der Waals surface area contributed by atoms with E-state index in [1.54, 1.807) is 18.2 Å². The lowest BCUT2D eigenvalue weighted by Crippen LogP contribution is -2.31. The average molecular weight is 287 g/mol. The summed E-state index contributed by atoms with van der Waals surface area (Å²) in [6.07, 6.45) is 0.808. The molecule has 0 aliphatic carbocycles. The quantitative estimate of drug-likeness (QED) is 0.753. The molecule has 5 nitrogen and oxygen atoms in total. The molecule has 19 heavy (non-hydrogen) atoms. The lowest BCUT2D eigenvalue weighted by molar-refractivity contribution is 0.160. The summed E-state index contributed by atoms with van der Waals surface area (Å²) >= 11 is 5.86. The van der Waals surface area contributed by atoms with Gasteiger partial charge in [0.2, 0.25) is 0 Å². The minimum atomic E-state index is -0.388. The predicted molar refractivity (Wildman–Crippen MR) is 75.9 cm³/mol. The van der Waals surface area contributed by atoms with Crippen molar-refractivity contribution in [2.24, 2.45) is 0 Å². The molecular formula is C13H19ClN2O3. The first-order chi connectivity index (χ1) is 9.06. The molecule has 1 aromatic rings. The number of aliphatic hydroxyl groups is 1. The summed E-state index contributed by atoms with van der Waals surface area (Å²) in [7, 11) is 1.52. The molecule has 1 atom stereocenters. The second kappa shape index (κ2) is 7.86. The molecule has 0 spiro atoms. The lowest BCUT2D eigenvalue weighted by atomic mass is 10.2. The molecule has 0 saturated heterocycles. The van der Waals surface area contributed by atoms with Crippen molar-refractivity contribution in [2.45, 2.75) is 25.9 Å². The first-order valence-corrected chi connectivity index (χ1v) is 6.51. The van der Waals surface area contributed by atoms with Gasteiger partial charge < -0.3 is 20.5 Å². The summed E-state index contributed by atoms with van der Waals surface area (Å²) in [5, 5.41) is 15.2. The fraction of sp³-hybridized carbons (Fsp3) is 0.462. The van der Waals surface area contributed by atoms with Crippen LogP contribution in [0.15, 0.2) is 18.2 Å². The van der Waals surface area contributed by atoms with E-state index in [0.29, 0.717) is 35.8 Å². The summed E-state index contributed by atoms with van der Waals surface area (Å²) < 4.78 is 5.12. The summed E-state index contributed by atoms with van der Waals surface area (Å²) in [6, 6.07) is 4.62. The van der Waals surface area contributed by atoms with Gasteiger partial charge in [0.15, 0.2) is 0 Å². The van der Waals surface area contributed by atoms with Crippen molar-refractivity contribution in [1.29, 1.82) is 0 Å². The Morgan fingerprint density at radius 2 is 2.26 bits per heavy atom. The molecule has 0 radical (unpaired) electrons. The highest BCUT2D eigenvalue weighted by Gasteiger charge is 2.08. The number of carbonyl (C=O) groups is 1. The third-order valence-corrected chi connectivity index (χ3v) is 2.88. The number of hydrogen-bond donors (Lipinski definition) is 3. The van der Waals surface area contributed by atoms with Crippen LogP contribution in [0.5, 0.6) is 5.75 Å². The van der Waals surface area contributed by atoms with Gasteiger partial charge in [-0.15, -0.1) is 0 Å². The van der Waals surface area contributed by atoms with E-state index >= 15 is 0 Å². The van der Waals surface area contributed by atoms with Gasteiger partial charge in [-0.1, -0.05) is 18.5 Å². The zero-order valence-electron chi connectivity index (χ0n) is 11.1. The van der Waals surface area contributed by atoms with Crippen LogP contribution in [0, 0.1) is 0 Å². The Labute approximate surface area is 117 Å². The smallest absolute Gasteiger partial charge is 0.319 e. The third-order valence-electron chi connectivity index (χ3n) is 2.64. The number of nitrogens with one attached hydrogen (secondary N) is 2. The van der Waals surface area contributed by atoms with Gasteiger partial charge in [0.25, 0.3) is 0 Å². The number of carbonyl (C=O) groups excluding carboxylic acids is 1. The van der Waals surface area contributed by atoms with Gasteiger partial charge in [0, 0.05) is 11.6 Å². The van der Waals surface area contributed by atoms with E-state index in [2.05, 4.69) is 10.6 Å². The van der Waals surface area contributed by atoms with Gasteiger partial charge in [0.1, 0.15) is 5.75 Å². The molecule has 0 bridgehead atoms. The Morgan fingerprint density at radius 3 is 2.89 bits per heavy atom. The molecule has 0 aliphatic heterocycles. The van der Waals surface area contributed by atoms with Crippen LogP contribution >= 0.6 is 11.6 Å². The van der Waals surface area contributed by atoms with Crippen LogP contribution in [-0.4, -0.2) is 30.9 Å². The van der Waals surface area contributed by atoms with Crippen LogP contribution in [0.25, 0.3) is 0 Å². The van der Waals surface area contributed by atoms with E-state index in [9.17, 15) is 9.90 Å². The van der Waals surface area contributed by atoms with Gasteiger partial charge in [-0.2, -0.15) is 0 Å². The fourth-order valence-corrected chi connectivity index (χ4v) is 1.67. The van der Waals surface area contributed by atoms with Gasteiger partial charge in [-0.05, 0) is 31.0 Å². The Morgan fingerprint density at radius 1 is 1.53 bits per heavy atom. The third kappa shape index (κ3) is 5.36. The summed E-state index contributed by atoms with van der Waals surface area (Å²) in [5.41, 5.74) is 0.503. The highest BCUT2D eigenvalue weighted by Crippen LogP contribution is 2.27. The first-order valence-electron chi connectivity index (χ1n) is 6.13. The van der Waals surface area contributed by atoms with E-state index in [0.717, 1.165) is 0 Å². The molecular weight excluding hydrogens is 268 g/mol. The Hall–Kier alpha value is -1.46. The predicted octanol–water partition coefficient (Wildman–Crippen LogP) is 2.63. The van der Waals surface area contributed by atoms with Crippen LogP contribution in [0.2, 0.25) is 5.02 Å². The molecule has 106 valence electrons. The molecule has 0 aliphatic rings. The van der Waals surface area contributed by atoms with E-state index < -0.39 is 0 Å². The highest BCUT2D eigenvalue weighted by molar-refractivity contribution is 6.31. The number of anilines is 1. The number of hydrogen-bond acceptors (Lipinski definition) is 3. The molecule has 0 fully saturated rings. The average Bonchev–Trinajstić information content (AvgIpc) is 2.38. The zero-order valence-corrected chi connectivity index (χ0v) is 11.8. The number of ether oxygens (including phenoxy) is 1. The Balaban J connectivity index is 2.50. The molecule has 0 heterocycles. The van der Waals surface area contributed by atoms with E-state index in [-0.39, 0.29) is 12.1 Å². The normalized spacial score (nSPS) is 11.8. The van der Waals surface area contributed by atoms with Crippen LogP contribution in [0.3, 0.4) is 0 Å². The maximum Gasteiger partial charge on any atom is 0.319 e. The SMILES string of the molecule is CCC(O)CCNC(=O)Nc1cc(Cl)ccc1OC. The minimum absolute atomic E-state index is 0.358. The largest absolute Gasteiger partial charge is 0.495 e. The van der Waals surface area contributed by atoms with Crippen molar-refractivity contribution < 1.29 is 14.6 Å². The van der Waals surface area contributed by atoms with Crippen LogP contribution in [-0.2, 0) is 0 Å². The molecule has 1 aromatic carbocycles. The number of amides is 2. The van der Waals surface area contributed by atoms with Gasteiger partial charge >= 0.3 is 6.03 Å². The van der Waals surface area contributed by atoms with Crippen molar-refractivity contribution in [3.05, 3.63) is 23.2 Å². The van der Waals surface area contributed by atoms with Crippen LogP contribution in [0.1, 0.15) is 19.8 Å². The molecule has 1 unspecified atom stereocenters. The summed E-state index contributed by atoms with van der Waals surface area (Å²) in [6.45, 7) is 2.30. The first kappa shape index (κ1) is 15.6. The minimum Gasteiger partial charge on any atom is -0.495 e. The van der Waals surface area contributed by atoms with Crippen molar-refractivity contribution in [3.8, 4) is 5.75 Å². The van der Waals surface area contributed by atoms with Crippen molar-refractivity contribution in [2.75, 3.05) is 19.0 Å². The number of benzene rings is 1. The Bertz CT molecular complexity index is 426. The van der Waals surface area contributed by atoms with Gasteiger partial charge in [-0.3, -0.25) is 0 Å². The molecule has 1 rings (SSSR count). The second-order valence-electron chi connectivity index (χ2n) is 4.08. The van der Waals surface area contributed by atoms with Crippen molar-refractivity contribution in [3.63, 3.8) is 0 Å². The number of methoxy groups -OCH3 is 1. The van der Waals surface area contributed by atoms with E-state index in [1.807, 2.05) is 6.92 Å². The maximum atomic E-state index is 11.7. The van der Waals surface area contributed by atoms with E-state index in [4.69, 9.17) is 16.3 Å². The number of rotatable bonds is 6. The molecule has 6 heteroatoms. The van der Waals surface area contributed by atoms with Gasteiger partial charge in [0.05, 0.1) is 18.9 Å². The summed E-state index contributed by atoms with van der Waals surface area (Å²) in [5.74, 6) is 0.535. The van der Waals surface area contributed by atoms with Crippen LogP contribution in [0.4, 0.5) is 10.5 Å². The topological polar surface area (TPSA) is 70.6 Å². The highest BCUT2D eigenvalue weighted by atomic mass is 35.5. The zero-order chi connectivity index (χ0) is 14.3. The van der Waals surface area contributed by atoms with Gasteiger partial charge in [-0.25, -0.2) is 4.79 Å². The Kier molecular flexibility index (Phi) is 6.45. The number of halogens is 1. The molecule has 3 N–H and O–H groups in total. The monoisotopic (exact) mass is 286 g/mol. The van der Waals surface area contributed by atoms with E-state index in [1.165, 1.54) is 7.11 Å². The molecule has 2 amide bonds. The standard InChI is InChI=1S/C13H19ClN2O3/c1-3-10(17)6-7-15-13(18)16-11-8-9(14)4-5-12(11)19-2/h4-5,8,10,17H,3,6-7H2,1-2H3,(H2,15,16,18). The maximum absolute atomic E-state index is 11.7. The van der Waals surface area contributed by atoms with Crippen LogP contribution < -0.4 is 15.4 Å². The fourth-order valence-electron chi connectivity index (χ4n) is 1.50. The lowest BCUT2D eigenvalue weighted by Gasteiger charge is -2.12.